The van der Waals surface area contributed by atoms with Crippen LogP contribution in [-0.2, 0) is 22.7 Å². The van der Waals surface area contributed by atoms with Crippen LogP contribution in [0.1, 0.15) is 24.5 Å². The number of aliphatic hydroxyl groups excluding tert-OH is 1. The summed E-state index contributed by atoms with van der Waals surface area (Å²) in [4.78, 5) is 0. The van der Waals surface area contributed by atoms with Crippen LogP contribution in [0, 0.1) is 11.8 Å². The van der Waals surface area contributed by atoms with Gasteiger partial charge in [0, 0.05) is 5.92 Å². The Balaban J connectivity index is 1.71. The molecule has 0 heterocycles. The molecule has 5 atom stereocenters. The van der Waals surface area contributed by atoms with Crippen LogP contribution in [0.2, 0.25) is 0 Å². The summed E-state index contributed by atoms with van der Waals surface area (Å²) in [6.45, 7) is 6.72. The van der Waals surface area contributed by atoms with Crippen molar-refractivity contribution in [3.63, 3.8) is 0 Å². The van der Waals surface area contributed by atoms with Crippen LogP contribution in [0.3, 0.4) is 0 Å². The van der Waals surface area contributed by atoms with Gasteiger partial charge in [0.15, 0.2) is 0 Å². The Morgan fingerprint density at radius 1 is 1.07 bits per heavy atom. The van der Waals surface area contributed by atoms with Gasteiger partial charge in [0.25, 0.3) is 0 Å². The Labute approximate surface area is 167 Å². The Morgan fingerprint density at radius 3 is 2.21 bits per heavy atom. The third kappa shape index (κ3) is 4.89. The van der Waals surface area contributed by atoms with Crippen molar-refractivity contribution in [2.24, 2.45) is 11.8 Å². The fraction of sp³-hybridized carbons (Fsp3) is 0.417. The van der Waals surface area contributed by atoms with Gasteiger partial charge >= 0.3 is 0 Å². The van der Waals surface area contributed by atoms with Crippen molar-refractivity contribution in [3.8, 4) is 0 Å². The van der Waals surface area contributed by atoms with Gasteiger partial charge in [-0.25, -0.2) is 0 Å². The fourth-order valence-corrected chi connectivity index (χ4v) is 4.23. The second kappa shape index (κ2) is 9.48. The molecule has 2 aromatic carbocycles. The standard InChI is InChI=1S/C24H30O4/c1-3-21(25)22-18(2)14-24(26,17-27-15-19-10-6-4-7-11-19)23(22)28-16-20-12-8-5-9-13-20/h3-13,18,21-23,25-26H,1,14-17H2,2H3/t18-,21?,22+,23+,24-/m1/s1. The van der Waals surface area contributed by atoms with Crippen molar-refractivity contribution in [1.29, 1.82) is 0 Å². The lowest BCUT2D eigenvalue weighted by molar-refractivity contribution is -0.152. The summed E-state index contributed by atoms with van der Waals surface area (Å²) in [6, 6.07) is 19.7. The molecule has 28 heavy (non-hydrogen) atoms. The SMILES string of the molecule is C=CC(O)[C@@H]1[C@H](C)C[C@@](O)(COCc2ccccc2)[C@H]1OCc1ccccc1. The molecule has 0 radical (unpaired) electrons. The molecule has 1 unspecified atom stereocenters. The predicted octanol–water partition coefficient (Wildman–Crippen LogP) is 3.72. The lowest BCUT2D eigenvalue weighted by Crippen LogP contribution is -2.48. The number of aliphatic hydroxyl groups is 2. The van der Waals surface area contributed by atoms with Crippen molar-refractivity contribution < 1.29 is 19.7 Å². The fourth-order valence-electron chi connectivity index (χ4n) is 4.23. The highest BCUT2D eigenvalue weighted by atomic mass is 16.5. The molecular formula is C24H30O4. The highest BCUT2D eigenvalue weighted by molar-refractivity contribution is 5.15. The number of benzene rings is 2. The lowest BCUT2D eigenvalue weighted by Gasteiger charge is -2.34. The van der Waals surface area contributed by atoms with Crippen LogP contribution in [-0.4, -0.2) is 34.6 Å². The van der Waals surface area contributed by atoms with E-state index in [1.54, 1.807) is 0 Å². The van der Waals surface area contributed by atoms with Crippen LogP contribution in [0.15, 0.2) is 73.3 Å². The molecule has 2 N–H and O–H groups in total. The minimum absolute atomic E-state index is 0.0825. The second-order valence-corrected chi connectivity index (χ2v) is 7.78. The molecule has 1 aliphatic rings. The van der Waals surface area contributed by atoms with Gasteiger partial charge in [0.1, 0.15) is 5.60 Å². The number of hydrogen-bond donors (Lipinski definition) is 2. The molecule has 2 aromatic rings. The average Bonchev–Trinajstić information content (AvgIpc) is 2.97. The summed E-state index contributed by atoms with van der Waals surface area (Å²) < 4.78 is 12.0. The monoisotopic (exact) mass is 382 g/mol. The van der Waals surface area contributed by atoms with E-state index in [1.165, 1.54) is 6.08 Å². The zero-order chi connectivity index (χ0) is 20.0. The predicted molar refractivity (Wildman–Crippen MR) is 110 cm³/mol. The van der Waals surface area contributed by atoms with Crippen molar-refractivity contribution >= 4 is 0 Å². The maximum Gasteiger partial charge on any atom is 0.115 e. The number of ether oxygens (including phenoxy) is 2. The van der Waals surface area contributed by atoms with Crippen LogP contribution < -0.4 is 0 Å². The quantitative estimate of drug-likeness (QED) is 0.649. The van der Waals surface area contributed by atoms with E-state index in [4.69, 9.17) is 9.47 Å². The van der Waals surface area contributed by atoms with E-state index in [-0.39, 0.29) is 18.4 Å². The van der Waals surface area contributed by atoms with E-state index in [9.17, 15) is 10.2 Å². The van der Waals surface area contributed by atoms with E-state index in [2.05, 4.69) is 6.58 Å². The Kier molecular flexibility index (Phi) is 7.03. The molecular weight excluding hydrogens is 352 g/mol. The van der Waals surface area contributed by atoms with Crippen molar-refractivity contribution in [2.45, 2.75) is 44.4 Å². The van der Waals surface area contributed by atoms with Crippen LogP contribution in [0.25, 0.3) is 0 Å². The molecule has 0 aromatic heterocycles. The van der Waals surface area contributed by atoms with E-state index < -0.39 is 17.8 Å². The largest absolute Gasteiger partial charge is 0.389 e. The van der Waals surface area contributed by atoms with Gasteiger partial charge < -0.3 is 19.7 Å². The molecule has 3 rings (SSSR count). The maximum absolute atomic E-state index is 11.4. The Morgan fingerprint density at radius 2 is 1.64 bits per heavy atom. The zero-order valence-corrected chi connectivity index (χ0v) is 16.4. The summed E-state index contributed by atoms with van der Waals surface area (Å²) in [5.41, 5.74) is 0.931. The molecule has 1 saturated carbocycles. The molecule has 4 nitrogen and oxygen atoms in total. The van der Waals surface area contributed by atoms with Crippen molar-refractivity contribution in [2.75, 3.05) is 6.61 Å². The van der Waals surface area contributed by atoms with E-state index in [0.717, 1.165) is 11.1 Å². The van der Waals surface area contributed by atoms with Crippen LogP contribution >= 0.6 is 0 Å². The highest BCUT2D eigenvalue weighted by Gasteiger charge is 2.54. The summed E-state index contributed by atoms with van der Waals surface area (Å²) in [7, 11) is 0. The minimum Gasteiger partial charge on any atom is -0.389 e. The smallest absolute Gasteiger partial charge is 0.115 e. The molecule has 1 aliphatic carbocycles. The first kappa shape index (κ1) is 20.7. The summed E-state index contributed by atoms with van der Waals surface area (Å²) >= 11 is 0. The normalized spacial score (nSPS) is 28.2. The molecule has 0 amide bonds. The van der Waals surface area contributed by atoms with Crippen LogP contribution in [0.5, 0.6) is 0 Å². The van der Waals surface area contributed by atoms with Gasteiger partial charge in [-0.3, -0.25) is 0 Å². The minimum atomic E-state index is -1.16. The third-order valence-corrected chi connectivity index (χ3v) is 5.58. The lowest BCUT2D eigenvalue weighted by atomic mass is 9.89. The van der Waals surface area contributed by atoms with Crippen molar-refractivity contribution in [3.05, 3.63) is 84.4 Å². The number of hydrogen-bond acceptors (Lipinski definition) is 4. The summed E-state index contributed by atoms with van der Waals surface area (Å²) in [5, 5.41) is 21.9. The second-order valence-electron chi connectivity index (χ2n) is 7.78. The van der Waals surface area contributed by atoms with Gasteiger partial charge in [-0.2, -0.15) is 0 Å². The topological polar surface area (TPSA) is 58.9 Å². The molecule has 0 bridgehead atoms. The molecule has 0 aliphatic heterocycles. The maximum atomic E-state index is 11.4. The van der Waals surface area contributed by atoms with Gasteiger partial charge in [0.2, 0.25) is 0 Å². The first-order valence-electron chi connectivity index (χ1n) is 9.83. The zero-order valence-electron chi connectivity index (χ0n) is 16.4. The Bertz CT molecular complexity index is 733. The molecule has 1 fully saturated rings. The summed E-state index contributed by atoms with van der Waals surface area (Å²) in [6.07, 6.45) is 0.762. The Hall–Kier alpha value is -1.98. The van der Waals surface area contributed by atoms with E-state index in [1.807, 2.05) is 67.6 Å². The first-order valence-corrected chi connectivity index (χ1v) is 9.83. The van der Waals surface area contributed by atoms with Crippen LogP contribution in [0.4, 0.5) is 0 Å². The van der Waals surface area contributed by atoms with E-state index in [0.29, 0.717) is 19.6 Å². The molecule has 4 heteroatoms. The first-order chi connectivity index (χ1) is 13.5. The molecule has 0 saturated heterocycles. The van der Waals surface area contributed by atoms with E-state index >= 15 is 0 Å². The average molecular weight is 383 g/mol. The van der Waals surface area contributed by atoms with Gasteiger partial charge in [-0.05, 0) is 23.5 Å². The third-order valence-electron chi connectivity index (χ3n) is 5.58. The highest BCUT2D eigenvalue weighted by Crippen LogP contribution is 2.44. The number of rotatable bonds is 9. The molecule has 0 spiro atoms. The van der Waals surface area contributed by atoms with Gasteiger partial charge in [-0.1, -0.05) is 73.7 Å². The van der Waals surface area contributed by atoms with Crippen molar-refractivity contribution in [1.82, 2.24) is 0 Å². The van der Waals surface area contributed by atoms with Gasteiger partial charge in [0.05, 0.1) is 32.0 Å². The molecule has 150 valence electrons. The summed E-state index contributed by atoms with van der Waals surface area (Å²) in [5.74, 6) is -0.148. The van der Waals surface area contributed by atoms with Gasteiger partial charge in [-0.15, -0.1) is 6.58 Å².